The number of nitrogens with zero attached hydrogens (tertiary/aromatic N) is 4. The fraction of sp³-hybridized carbons (Fsp3) is 0.208. The Kier molecular flexibility index (Phi) is 6.75. The van der Waals surface area contributed by atoms with Gasteiger partial charge in [0.05, 0.1) is 41.9 Å². The summed E-state index contributed by atoms with van der Waals surface area (Å²) >= 11 is 0. The zero-order chi connectivity index (χ0) is 23.3. The molecule has 4 N–H and O–H groups in total. The molecule has 0 saturated heterocycles. The van der Waals surface area contributed by atoms with Gasteiger partial charge in [-0.05, 0) is 51.1 Å². The molecule has 0 bridgehead atoms. The summed E-state index contributed by atoms with van der Waals surface area (Å²) < 4.78 is 7.43. The second kappa shape index (κ2) is 9.49. The van der Waals surface area contributed by atoms with Crippen LogP contribution in [0.2, 0.25) is 0 Å². The van der Waals surface area contributed by atoms with Crippen LogP contribution in [0.1, 0.15) is 25.2 Å². The highest BCUT2D eigenvalue weighted by Gasteiger charge is 2.21. The minimum Gasteiger partial charge on any atom is -0.494 e. The van der Waals surface area contributed by atoms with E-state index in [4.69, 9.17) is 10.5 Å². The van der Waals surface area contributed by atoms with E-state index < -0.39 is 5.60 Å². The minimum atomic E-state index is -1.25. The lowest BCUT2D eigenvalue weighted by atomic mass is 10.0. The van der Waals surface area contributed by atoms with Crippen molar-refractivity contribution in [1.82, 2.24) is 14.5 Å². The first-order valence-electron chi connectivity index (χ1n) is 10.0. The highest BCUT2D eigenvalue weighted by Crippen LogP contribution is 2.27. The molecule has 32 heavy (non-hydrogen) atoms. The quantitative estimate of drug-likeness (QED) is 0.468. The van der Waals surface area contributed by atoms with Crippen molar-refractivity contribution < 1.29 is 9.84 Å². The first-order chi connectivity index (χ1) is 15.2. The molecule has 0 radical (unpaired) electrons. The van der Waals surface area contributed by atoms with Crippen molar-refractivity contribution >= 4 is 17.1 Å². The van der Waals surface area contributed by atoms with Gasteiger partial charge in [0.25, 0.3) is 0 Å². The van der Waals surface area contributed by atoms with E-state index in [1.54, 1.807) is 51.7 Å². The summed E-state index contributed by atoms with van der Waals surface area (Å²) in [5.74, 6) is 0.992. The number of imidazole rings is 1. The Labute approximate surface area is 187 Å². The van der Waals surface area contributed by atoms with Crippen LogP contribution in [0, 0.1) is 6.92 Å². The Balaban J connectivity index is 1.85. The standard InChI is InChI=1S/C24H28N6O2/c1-16-14-30(15-27-16)21-10-9-18(12-22(21)32-5)28-17(2)29-23(24(3,4)31)13-19(25)20-8-6-7-11-26-20/h6-15,28,31H,2,25H2,1,3-5H3/b19-13-,29-23+. The van der Waals surface area contributed by atoms with Gasteiger partial charge in [-0.15, -0.1) is 0 Å². The summed E-state index contributed by atoms with van der Waals surface area (Å²) in [5.41, 5.74) is 8.75. The third kappa shape index (κ3) is 5.61. The first-order valence-corrected chi connectivity index (χ1v) is 10.0. The number of nitrogens with one attached hydrogen (secondary N) is 1. The lowest BCUT2D eigenvalue weighted by molar-refractivity contribution is 0.155. The van der Waals surface area contributed by atoms with E-state index in [1.165, 1.54) is 0 Å². The Bertz CT molecular complexity index is 1160. The molecule has 0 saturated carbocycles. The van der Waals surface area contributed by atoms with E-state index in [-0.39, 0.29) is 0 Å². The van der Waals surface area contributed by atoms with Crippen LogP contribution in [0.4, 0.5) is 5.69 Å². The number of methoxy groups -OCH3 is 1. The molecule has 3 rings (SSSR count). The predicted octanol–water partition coefficient (Wildman–Crippen LogP) is 3.68. The molecule has 0 amide bonds. The Morgan fingerprint density at radius 2 is 2.06 bits per heavy atom. The second-order valence-electron chi connectivity index (χ2n) is 7.75. The summed E-state index contributed by atoms with van der Waals surface area (Å²) in [4.78, 5) is 13.0. The van der Waals surface area contributed by atoms with Crippen molar-refractivity contribution in [3.05, 3.63) is 85.0 Å². The fourth-order valence-electron chi connectivity index (χ4n) is 2.96. The smallest absolute Gasteiger partial charge is 0.144 e. The van der Waals surface area contributed by atoms with E-state index in [1.807, 2.05) is 42.0 Å². The van der Waals surface area contributed by atoms with Gasteiger partial charge in [0.15, 0.2) is 0 Å². The number of rotatable bonds is 8. The minimum absolute atomic E-state index is 0.334. The zero-order valence-corrected chi connectivity index (χ0v) is 18.7. The van der Waals surface area contributed by atoms with Gasteiger partial charge in [0, 0.05) is 24.1 Å². The Morgan fingerprint density at radius 1 is 1.28 bits per heavy atom. The van der Waals surface area contributed by atoms with E-state index in [0.29, 0.717) is 28.7 Å². The van der Waals surface area contributed by atoms with Crippen LogP contribution in [-0.2, 0) is 0 Å². The fourth-order valence-corrected chi connectivity index (χ4v) is 2.96. The molecule has 2 aromatic heterocycles. The van der Waals surface area contributed by atoms with Crippen LogP contribution in [0.25, 0.3) is 11.4 Å². The molecule has 0 spiro atoms. The average Bonchev–Trinajstić information content (AvgIpc) is 3.19. The summed E-state index contributed by atoms with van der Waals surface area (Å²) in [6, 6.07) is 11.1. The van der Waals surface area contributed by atoms with Crippen molar-refractivity contribution in [1.29, 1.82) is 0 Å². The Hall–Kier alpha value is -3.91. The maximum absolute atomic E-state index is 10.6. The molecular formula is C24H28N6O2. The van der Waals surface area contributed by atoms with Crippen molar-refractivity contribution in [2.75, 3.05) is 12.4 Å². The average molecular weight is 433 g/mol. The van der Waals surface area contributed by atoms with Crippen molar-refractivity contribution in [3.8, 4) is 11.4 Å². The summed E-state index contributed by atoms with van der Waals surface area (Å²) in [7, 11) is 1.61. The van der Waals surface area contributed by atoms with Crippen LogP contribution in [0.15, 0.2) is 78.6 Å². The van der Waals surface area contributed by atoms with Crippen LogP contribution < -0.4 is 15.8 Å². The van der Waals surface area contributed by atoms with Gasteiger partial charge in [0.1, 0.15) is 17.2 Å². The zero-order valence-electron chi connectivity index (χ0n) is 18.7. The number of anilines is 1. The number of aromatic nitrogens is 3. The second-order valence-corrected chi connectivity index (χ2v) is 7.75. The molecule has 0 aliphatic heterocycles. The molecule has 166 valence electrons. The van der Waals surface area contributed by atoms with Gasteiger partial charge in [-0.25, -0.2) is 9.98 Å². The van der Waals surface area contributed by atoms with Gasteiger partial charge in [-0.1, -0.05) is 12.6 Å². The summed E-state index contributed by atoms with van der Waals surface area (Å²) in [6.07, 6.45) is 6.90. The van der Waals surface area contributed by atoms with Gasteiger partial charge < -0.3 is 25.5 Å². The van der Waals surface area contributed by atoms with Crippen LogP contribution in [0.5, 0.6) is 5.75 Å². The highest BCUT2D eigenvalue weighted by atomic mass is 16.5. The molecule has 0 unspecified atom stereocenters. The molecule has 2 heterocycles. The van der Waals surface area contributed by atoms with E-state index in [9.17, 15) is 5.11 Å². The number of benzene rings is 1. The Morgan fingerprint density at radius 3 is 2.66 bits per heavy atom. The van der Waals surface area contributed by atoms with E-state index >= 15 is 0 Å². The summed E-state index contributed by atoms with van der Waals surface area (Å²) in [6.45, 7) is 9.16. The van der Waals surface area contributed by atoms with Gasteiger partial charge >= 0.3 is 0 Å². The van der Waals surface area contributed by atoms with Crippen molar-refractivity contribution in [2.45, 2.75) is 26.4 Å². The maximum atomic E-state index is 10.6. The highest BCUT2D eigenvalue weighted by molar-refractivity contribution is 6.05. The van der Waals surface area contributed by atoms with Crippen LogP contribution in [-0.4, -0.2) is 38.1 Å². The normalized spacial score (nSPS) is 12.5. The third-order valence-corrected chi connectivity index (χ3v) is 4.59. The van der Waals surface area contributed by atoms with Gasteiger partial charge in [-0.3, -0.25) is 4.98 Å². The topological polar surface area (TPSA) is 111 Å². The monoisotopic (exact) mass is 432 g/mol. The van der Waals surface area contributed by atoms with E-state index in [0.717, 1.165) is 17.1 Å². The van der Waals surface area contributed by atoms with Crippen molar-refractivity contribution in [2.24, 2.45) is 10.7 Å². The number of nitrogens with two attached hydrogens (primary N) is 1. The molecule has 0 aliphatic carbocycles. The number of hydrogen-bond acceptors (Lipinski definition) is 7. The number of pyridine rings is 1. The van der Waals surface area contributed by atoms with Gasteiger partial charge in [0.2, 0.25) is 0 Å². The lowest BCUT2D eigenvalue weighted by Gasteiger charge is -2.19. The molecular weight excluding hydrogens is 404 g/mol. The van der Waals surface area contributed by atoms with Crippen LogP contribution >= 0.6 is 0 Å². The molecule has 8 heteroatoms. The third-order valence-electron chi connectivity index (χ3n) is 4.59. The maximum Gasteiger partial charge on any atom is 0.144 e. The number of aliphatic imine (C=N–C) groups is 1. The molecule has 3 aromatic rings. The summed E-state index contributed by atoms with van der Waals surface area (Å²) in [5, 5.41) is 13.7. The number of hydrogen-bond donors (Lipinski definition) is 3. The van der Waals surface area contributed by atoms with Crippen LogP contribution in [0.3, 0.4) is 0 Å². The molecule has 1 aromatic carbocycles. The molecule has 0 atom stereocenters. The number of aryl methyl sites for hydroxylation is 1. The largest absolute Gasteiger partial charge is 0.494 e. The van der Waals surface area contributed by atoms with Gasteiger partial charge in [-0.2, -0.15) is 0 Å². The first kappa shape index (κ1) is 22.8. The van der Waals surface area contributed by atoms with E-state index in [2.05, 4.69) is 26.9 Å². The molecule has 0 aliphatic rings. The molecule has 8 nitrogen and oxygen atoms in total. The number of ether oxygens (including phenoxy) is 1. The van der Waals surface area contributed by atoms with Crippen molar-refractivity contribution in [3.63, 3.8) is 0 Å². The predicted molar refractivity (Wildman–Crippen MR) is 128 cm³/mol. The molecule has 0 fully saturated rings. The number of aliphatic hydroxyl groups is 1. The SMILES string of the molecule is C=C(/N=C(\C=C(/N)c1ccccn1)C(C)(C)O)Nc1ccc(-n2cnc(C)c2)c(OC)c1. The lowest BCUT2D eigenvalue weighted by Crippen LogP contribution is -2.31.